The van der Waals surface area contributed by atoms with Crippen molar-refractivity contribution in [2.24, 2.45) is 0 Å². The molecular weight excluding hydrogens is 280 g/mol. The second-order valence-corrected chi connectivity index (χ2v) is 6.32. The summed E-state index contributed by atoms with van der Waals surface area (Å²) in [6.45, 7) is 0.946. The molecule has 1 aromatic heterocycles. The summed E-state index contributed by atoms with van der Waals surface area (Å²) in [5, 5.41) is 3.56. The van der Waals surface area contributed by atoms with E-state index >= 15 is 0 Å². The monoisotopic (exact) mass is 300 g/mol. The van der Waals surface area contributed by atoms with Crippen molar-refractivity contribution in [1.29, 1.82) is 0 Å². The molecule has 0 spiro atoms. The van der Waals surface area contributed by atoms with Gasteiger partial charge in [0.2, 0.25) is 0 Å². The van der Waals surface area contributed by atoms with Gasteiger partial charge in [-0.15, -0.1) is 11.8 Å². The van der Waals surface area contributed by atoms with Crippen molar-refractivity contribution in [2.75, 3.05) is 7.11 Å². The Hall–Kier alpha value is -1.52. The first-order valence-electron chi connectivity index (χ1n) is 7.27. The van der Waals surface area contributed by atoms with E-state index < -0.39 is 0 Å². The molecule has 0 aliphatic heterocycles. The molecular formula is C17H20N2OS. The molecule has 4 heteroatoms. The van der Waals surface area contributed by atoms with Gasteiger partial charge in [0.15, 0.2) is 0 Å². The molecule has 1 fully saturated rings. The van der Waals surface area contributed by atoms with Crippen molar-refractivity contribution in [3.8, 4) is 5.75 Å². The molecule has 0 bridgehead atoms. The van der Waals surface area contributed by atoms with E-state index in [2.05, 4.69) is 28.5 Å². The molecule has 1 aliphatic rings. The third-order valence-corrected chi connectivity index (χ3v) is 4.62. The topological polar surface area (TPSA) is 34.1 Å². The maximum Gasteiger partial charge on any atom is 0.122 e. The number of benzene rings is 1. The van der Waals surface area contributed by atoms with Crippen molar-refractivity contribution in [2.45, 2.75) is 36.1 Å². The third kappa shape index (κ3) is 4.22. The van der Waals surface area contributed by atoms with Gasteiger partial charge in [-0.2, -0.15) is 0 Å². The van der Waals surface area contributed by atoms with Crippen molar-refractivity contribution in [3.63, 3.8) is 0 Å². The first-order valence-corrected chi connectivity index (χ1v) is 8.26. The van der Waals surface area contributed by atoms with Gasteiger partial charge < -0.3 is 10.1 Å². The van der Waals surface area contributed by atoms with E-state index in [9.17, 15) is 0 Å². The molecule has 0 saturated heterocycles. The van der Waals surface area contributed by atoms with E-state index in [1.54, 1.807) is 7.11 Å². The second kappa shape index (κ2) is 6.96. The normalized spacial score (nSPS) is 14.1. The Bertz CT molecular complexity index is 585. The van der Waals surface area contributed by atoms with E-state index in [0.29, 0.717) is 0 Å². The van der Waals surface area contributed by atoms with E-state index in [1.165, 1.54) is 28.9 Å². The summed E-state index contributed by atoms with van der Waals surface area (Å²) in [5.74, 6) is 1.87. The SMILES string of the molecule is COc1ccc(CNC2CC2)cc1CSc1ccncc1. The maximum absolute atomic E-state index is 5.48. The number of ether oxygens (including phenoxy) is 1. The summed E-state index contributed by atoms with van der Waals surface area (Å²) in [4.78, 5) is 5.28. The van der Waals surface area contributed by atoms with E-state index in [-0.39, 0.29) is 0 Å². The Kier molecular flexibility index (Phi) is 4.78. The Morgan fingerprint density at radius 2 is 2.05 bits per heavy atom. The highest BCUT2D eigenvalue weighted by atomic mass is 32.2. The highest BCUT2D eigenvalue weighted by Gasteiger charge is 2.20. The Balaban J connectivity index is 1.67. The predicted octanol–water partition coefficient (Wildman–Crippen LogP) is 3.63. The van der Waals surface area contributed by atoms with Crippen molar-refractivity contribution in [3.05, 3.63) is 53.9 Å². The number of methoxy groups -OCH3 is 1. The Morgan fingerprint density at radius 3 is 2.76 bits per heavy atom. The molecule has 110 valence electrons. The molecule has 1 aliphatic carbocycles. The molecule has 1 heterocycles. The highest BCUT2D eigenvalue weighted by Crippen LogP contribution is 2.29. The standard InChI is InChI=1S/C17H20N2OS/c1-20-17-5-2-13(11-19-15-3-4-15)10-14(17)12-21-16-6-8-18-9-7-16/h2,5-10,15,19H,3-4,11-12H2,1H3. The number of rotatable bonds is 7. The lowest BCUT2D eigenvalue weighted by molar-refractivity contribution is 0.411. The van der Waals surface area contributed by atoms with Gasteiger partial charge in [0, 0.05) is 41.2 Å². The van der Waals surface area contributed by atoms with Crippen molar-refractivity contribution < 1.29 is 4.74 Å². The Labute approximate surface area is 130 Å². The molecule has 0 unspecified atom stereocenters. The van der Waals surface area contributed by atoms with Crippen LogP contribution in [-0.2, 0) is 12.3 Å². The number of thioether (sulfide) groups is 1. The minimum atomic E-state index is 0.738. The summed E-state index contributed by atoms with van der Waals surface area (Å²) in [6.07, 6.45) is 6.30. The number of nitrogens with one attached hydrogen (secondary N) is 1. The van der Waals surface area contributed by atoms with Crippen LogP contribution < -0.4 is 10.1 Å². The number of nitrogens with zero attached hydrogens (tertiary/aromatic N) is 1. The molecule has 0 atom stereocenters. The minimum absolute atomic E-state index is 0.738. The van der Waals surface area contributed by atoms with Gasteiger partial charge >= 0.3 is 0 Å². The Morgan fingerprint density at radius 1 is 1.24 bits per heavy atom. The number of hydrogen-bond donors (Lipinski definition) is 1. The first kappa shape index (κ1) is 14.4. The fourth-order valence-corrected chi connectivity index (χ4v) is 3.06. The predicted molar refractivity (Wildman–Crippen MR) is 86.7 cm³/mol. The number of pyridine rings is 1. The van der Waals surface area contributed by atoms with E-state index in [1.807, 2.05) is 36.3 Å². The fourth-order valence-electron chi connectivity index (χ4n) is 2.20. The van der Waals surface area contributed by atoms with Crippen molar-refractivity contribution >= 4 is 11.8 Å². The largest absolute Gasteiger partial charge is 0.496 e. The van der Waals surface area contributed by atoms with Gasteiger partial charge in [-0.3, -0.25) is 4.98 Å². The average molecular weight is 300 g/mol. The molecule has 1 N–H and O–H groups in total. The van der Waals surface area contributed by atoms with Crippen LogP contribution in [0.4, 0.5) is 0 Å². The molecule has 1 saturated carbocycles. The zero-order chi connectivity index (χ0) is 14.5. The van der Waals surface area contributed by atoms with Gasteiger partial charge in [0.25, 0.3) is 0 Å². The van der Waals surface area contributed by atoms with Gasteiger partial charge in [-0.25, -0.2) is 0 Å². The number of hydrogen-bond acceptors (Lipinski definition) is 4. The van der Waals surface area contributed by atoms with Gasteiger partial charge in [-0.05, 0) is 42.7 Å². The van der Waals surface area contributed by atoms with E-state index in [4.69, 9.17) is 4.74 Å². The van der Waals surface area contributed by atoms with Crippen LogP contribution in [-0.4, -0.2) is 18.1 Å². The maximum atomic E-state index is 5.48. The molecule has 3 rings (SSSR count). The third-order valence-electron chi connectivity index (χ3n) is 3.56. The van der Waals surface area contributed by atoms with Gasteiger partial charge in [0.05, 0.1) is 7.11 Å². The second-order valence-electron chi connectivity index (χ2n) is 5.27. The molecule has 0 radical (unpaired) electrons. The van der Waals surface area contributed by atoms with Gasteiger partial charge in [0.1, 0.15) is 5.75 Å². The quantitative estimate of drug-likeness (QED) is 0.792. The van der Waals surface area contributed by atoms with Crippen LogP contribution in [0.1, 0.15) is 24.0 Å². The summed E-state index contributed by atoms with van der Waals surface area (Å²) >= 11 is 1.81. The summed E-state index contributed by atoms with van der Waals surface area (Å²) in [7, 11) is 1.73. The average Bonchev–Trinajstić information content (AvgIpc) is 3.36. The molecule has 1 aromatic carbocycles. The zero-order valence-corrected chi connectivity index (χ0v) is 13.0. The van der Waals surface area contributed by atoms with Crippen LogP contribution in [0.3, 0.4) is 0 Å². The summed E-state index contributed by atoms with van der Waals surface area (Å²) < 4.78 is 5.48. The number of aromatic nitrogens is 1. The van der Waals surface area contributed by atoms with Crippen LogP contribution in [0.25, 0.3) is 0 Å². The van der Waals surface area contributed by atoms with Crippen LogP contribution in [0.15, 0.2) is 47.6 Å². The summed E-state index contributed by atoms with van der Waals surface area (Å²) in [6, 6.07) is 11.3. The van der Waals surface area contributed by atoms with Crippen LogP contribution >= 0.6 is 11.8 Å². The lowest BCUT2D eigenvalue weighted by Crippen LogP contribution is -2.15. The molecule has 2 aromatic rings. The molecule has 0 amide bonds. The van der Waals surface area contributed by atoms with Gasteiger partial charge in [-0.1, -0.05) is 6.07 Å². The minimum Gasteiger partial charge on any atom is -0.496 e. The smallest absolute Gasteiger partial charge is 0.122 e. The van der Waals surface area contributed by atoms with Crippen LogP contribution in [0.2, 0.25) is 0 Å². The lowest BCUT2D eigenvalue weighted by Gasteiger charge is -2.11. The summed E-state index contributed by atoms with van der Waals surface area (Å²) in [5.41, 5.74) is 2.57. The highest BCUT2D eigenvalue weighted by molar-refractivity contribution is 7.98. The van der Waals surface area contributed by atoms with Crippen molar-refractivity contribution in [1.82, 2.24) is 10.3 Å². The van der Waals surface area contributed by atoms with E-state index in [0.717, 1.165) is 24.1 Å². The molecule has 21 heavy (non-hydrogen) atoms. The van der Waals surface area contributed by atoms with Crippen LogP contribution in [0.5, 0.6) is 5.75 Å². The molecule has 3 nitrogen and oxygen atoms in total. The fraction of sp³-hybridized carbons (Fsp3) is 0.353. The first-order chi connectivity index (χ1) is 10.3. The van der Waals surface area contributed by atoms with Crippen LogP contribution in [0, 0.1) is 0 Å². The lowest BCUT2D eigenvalue weighted by atomic mass is 10.1. The zero-order valence-electron chi connectivity index (χ0n) is 12.2.